The van der Waals surface area contributed by atoms with Crippen LogP contribution in [0.25, 0.3) is 60.9 Å². The van der Waals surface area contributed by atoms with Gasteiger partial charge in [0, 0.05) is 45.4 Å². The third-order valence-corrected chi connectivity index (χ3v) is 9.13. The summed E-state index contributed by atoms with van der Waals surface area (Å²) < 4.78 is 2.11. The first-order valence-corrected chi connectivity index (χ1v) is 15.7. The minimum atomic E-state index is -0.363. The SMILES string of the molecule is O=C1c2cccc(-n3c4ccccc4c4cccc(-c5cncnc5)c43)c2C(=O)N1c1c(-c2ccccc2)cccc1-c1ccccc1. The van der Waals surface area contributed by atoms with Gasteiger partial charge >= 0.3 is 0 Å². The van der Waals surface area contributed by atoms with Gasteiger partial charge in [0.15, 0.2) is 0 Å². The molecule has 0 fully saturated rings. The van der Waals surface area contributed by atoms with Crippen LogP contribution in [0.1, 0.15) is 20.7 Å². The minimum absolute atomic E-state index is 0.352. The van der Waals surface area contributed by atoms with Gasteiger partial charge in [-0.05, 0) is 29.3 Å². The molecule has 0 spiro atoms. The quantitative estimate of drug-likeness (QED) is 0.180. The highest BCUT2D eigenvalue weighted by molar-refractivity contribution is 6.37. The number of imide groups is 1. The zero-order valence-corrected chi connectivity index (χ0v) is 25.6. The van der Waals surface area contributed by atoms with Gasteiger partial charge in [-0.25, -0.2) is 14.9 Å². The number of aromatic nitrogens is 3. The van der Waals surface area contributed by atoms with E-state index < -0.39 is 0 Å². The second-order valence-corrected chi connectivity index (χ2v) is 11.8. The zero-order chi connectivity index (χ0) is 32.2. The van der Waals surface area contributed by atoms with Crippen LogP contribution >= 0.6 is 0 Å². The van der Waals surface area contributed by atoms with Crippen LogP contribution in [0, 0.1) is 0 Å². The molecule has 2 aromatic heterocycles. The molecule has 0 atom stereocenters. The van der Waals surface area contributed by atoms with Gasteiger partial charge in [-0.2, -0.15) is 0 Å². The molecule has 1 aliphatic heterocycles. The van der Waals surface area contributed by atoms with Crippen LogP contribution in [0.5, 0.6) is 0 Å². The summed E-state index contributed by atoms with van der Waals surface area (Å²) in [4.78, 5) is 39.5. The molecule has 9 rings (SSSR count). The normalized spacial score (nSPS) is 12.6. The number of benzene rings is 6. The molecule has 0 aliphatic carbocycles. The number of hydrogen-bond acceptors (Lipinski definition) is 4. The molecule has 0 radical (unpaired) electrons. The number of nitrogens with zero attached hydrogens (tertiary/aromatic N) is 4. The highest BCUT2D eigenvalue weighted by Crippen LogP contribution is 2.45. The van der Waals surface area contributed by atoms with Crippen LogP contribution < -0.4 is 4.90 Å². The molecule has 0 N–H and O–H groups in total. The summed E-state index contributed by atoms with van der Waals surface area (Å²) >= 11 is 0. The van der Waals surface area contributed by atoms with E-state index in [2.05, 4.69) is 32.7 Å². The van der Waals surface area contributed by atoms with E-state index in [9.17, 15) is 9.59 Å². The number of amides is 2. The van der Waals surface area contributed by atoms with Crippen molar-refractivity contribution in [3.05, 3.63) is 169 Å². The Bertz CT molecular complexity index is 2480. The van der Waals surface area contributed by atoms with Gasteiger partial charge in [0.25, 0.3) is 11.8 Å². The molecule has 6 nitrogen and oxygen atoms in total. The van der Waals surface area contributed by atoms with Crippen LogP contribution in [0.15, 0.2) is 158 Å². The number of carbonyl (C=O) groups is 2. The molecular weight excluding hydrogens is 592 g/mol. The number of anilines is 1. The smallest absolute Gasteiger partial charge is 0.268 e. The van der Waals surface area contributed by atoms with Crippen molar-refractivity contribution in [3.8, 4) is 39.1 Å². The first kappa shape index (κ1) is 27.6. The summed E-state index contributed by atoms with van der Waals surface area (Å²) in [5.74, 6) is -0.715. The van der Waals surface area contributed by atoms with Crippen molar-refractivity contribution in [2.75, 3.05) is 4.90 Å². The lowest BCUT2D eigenvalue weighted by molar-refractivity contribution is 0.0926. The molecule has 0 unspecified atom stereocenters. The maximum atomic E-state index is 15.0. The highest BCUT2D eigenvalue weighted by Gasteiger charge is 2.41. The molecule has 2 amide bonds. The zero-order valence-electron chi connectivity index (χ0n) is 25.6. The van der Waals surface area contributed by atoms with E-state index in [1.54, 1.807) is 18.5 Å². The summed E-state index contributed by atoms with van der Waals surface area (Å²) in [6, 6.07) is 45.6. The van der Waals surface area contributed by atoms with Crippen LogP contribution in [-0.4, -0.2) is 26.3 Å². The lowest BCUT2D eigenvalue weighted by Crippen LogP contribution is -2.30. The molecule has 0 saturated carbocycles. The molecule has 8 aromatic rings. The molecule has 226 valence electrons. The van der Waals surface area contributed by atoms with E-state index >= 15 is 0 Å². The van der Waals surface area contributed by atoms with Crippen molar-refractivity contribution >= 4 is 39.3 Å². The molecule has 0 bridgehead atoms. The molecule has 0 saturated heterocycles. The summed E-state index contributed by atoms with van der Waals surface area (Å²) in [5, 5.41) is 2.07. The van der Waals surface area contributed by atoms with E-state index in [0.717, 1.165) is 55.2 Å². The average Bonchev–Trinajstić information content (AvgIpc) is 3.63. The van der Waals surface area contributed by atoms with Gasteiger partial charge < -0.3 is 4.57 Å². The van der Waals surface area contributed by atoms with Crippen molar-refractivity contribution in [2.45, 2.75) is 0 Å². The Morgan fingerprint density at radius 1 is 0.458 bits per heavy atom. The summed E-state index contributed by atoms with van der Waals surface area (Å²) in [6.07, 6.45) is 5.10. The van der Waals surface area contributed by atoms with E-state index in [0.29, 0.717) is 22.5 Å². The van der Waals surface area contributed by atoms with Gasteiger partial charge in [-0.1, -0.05) is 121 Å². The lowest BCUT2D eigenvalue weighted by atomic mass is 9.95. The van der Waals surface area contributed by atoms with Gasteiger partial charge in [0.05, 0.1) is 33.5 Å². The van der Waals surface area contributed by atoms with Crippen molar-refractivity contribution < 1.29 is 9.59 Å². The number of rotatable bonds is 5. The Morgan fingerprint density at radius 3 is 1.73 bits per heavy atom. The van der Waals surface area contributed by atoms with Gasteiger partial charge in [-0.3, -0.25) is 9.59 Å². The maximum Gasteiger partial charge on any atom is 0.268 e. The fourth-order valence-corrected chi connectivity index (χ4v) is 7.08. The Kier molecular flexibility index (Phi) is 6.33. The first-order valence-electron chi connectivity index (χ1n) is 15.7. The number of fused-ring (bicyclic) bond motifs is 4. The van der Waals surface area contributed by atoms with E-state index in [4.69, 9.17) is 0 Å². The molecular formula is C42H26N4O2. The maximum absolute atomic E-state index is 15.0. The molecule has 1 aliphatic rings. The number of carbonyl (C=O) groups excluding carboxylic acids is 2. The van der Waals surface area contributed by atoms with E-state index in [1.165, 1.54) is 11.2 Å². The van der Waals surface area contributed by atoms with Crippen molar-refractivity contribution in [2.24, 2.45) is 0 Å². The van der Waals surface area contributed by atoms with Crippen molar-refractivity contribution in [1.29, 1.82) is 0 Å². The highest BCUT2D eigenvalue weighted by atomic mass is 16.2. The first-order chi connectivity index (χ1) is 23.7. The molecule has 3 heterocycles. The second-order valence-electron chi connectivity index (χ2n) is 11.8. The predicted octanol–water partition coefficient (Wildman–Crippen LogP) is 9.38. The topological polar surface area (TPSA) is 68.1 Å². The fraction of sp³-hybridized carbons (Fsp3) is 0. The Labute approximate surface area is 276 Å². The monoisotopic (exact) mass is 618 g/mol. The van der Waals surface area contributed by atoms with Gasteiger partial charge in [0.2, 0.25) is 0 Å². The van der Waals surface area contributed by atoms with Gasteiger partial charge in [-0.15, -0.1) is 0 Å². The summed E-state index contributed by atoms with van der Waals surface area (Å²) in [5.41, 5.74) is 9.00. The second kappa shape index (κ2) is 11.0. The third-order valence-electron chi connectivity index (χ3n) is 9.13. The van der Waals surface area contributed by atoms with Crippen molar-refractivity contribution in [1.82, 2.24) is 14.5 Å². The fourth-order valence-electron chi connectivity index (χ4n) is 7.08. The summed E-state index contributed by atoms with van der Waals surface area (Å²) in [6.45, 7) is 0. The molecule has 6 heteroatoms. The third kappa shape index (κ3) is 4.13. The Balaban J connectivity index is 1.32. The minimum Gasteiger partial charge on any atom is -0.308 e. The Morgan fingerprint density at radius 2 is 1.02 bits per heavy atom. The molecule has 6 aromatic carbocycles. The molecule has 48 heavy (non-hydrogen) atoms. The average molecular weight is 619 g/mol. The Hall–Kier alpha value is -6.66. The van der Waals surface area contributed by atoms with E-state index in [1.807, 2.05) is 115 Å². The summed E-state index contributed by atoms with van der Waals surface area (Å²) in [7, 11) is 0. The standard InChI is InChI=1S/C42H26N4O2/c47-41-35-21-11-23-37(45-36-22-8-7-16-33(36)34-20-10-19-32(40(34)45)29-24-43-26-44-25-29)38(35)42(48)46(41)39-30(27-12-3-1-4-13-27)17-9-18-31(39)28-14-5-2-6-15-28/h1-26H. The van der Waals surface area contributed by atoms with Crippen molar-refractivity contribution in [3.63, 3.8) is 0 Å². The van der Waals surface area contributed by atoms with Gasteiger partial charge in [0.1, 0.15) is 6.33 Å². The van der Waals surface area contributed by atoms with Crippen LogP contribution in [-0.2, 0) is 0 Å². The van der Waals surface area contributed by atoms with E-state index in [-0.39, 0.29) is 11.8 Å². The lowest BCUT2D eigenvalue weighted by Gasteiger charge is -2.23. The largest absolute Gasteiger partial charge is 0.308 e. The number of hydrogen-bond donors (Lipinski definition) is 0. The van der Waals surface area contributed by atoms with Crippen LogP contribution in [0.4, 0.5) is 5.69 Å². The predicted molar refractivity (Wildman–Crippen MR) is 190 cm³/mol. The van der Waals surface area contributed by atoms with Crippen LogP contribution in [0.2, 0.25) is 0 Å². The number of para-hydroxylation sites is 3. The van der Waals surface area contributed by atoms with Crippen LogP contribution in [0.3, 0.4) is 0 Å².